The largest absolute Gasteiger partial charge is 0.338 e. The van der Waals surface area contributed by atoms with Crippen molar-refractivity contribution in [3.8, 4) is 0 Å². The van der Waals surface area contributed by atoms with Crippen LogP contribution in [0.15, 0.2) is 48.5 Å². The van der Waals surface area contributed by atoms with Gasteiger partial charge in [0.1, 0.15) is 6.04 Å². The Kier molecular flexibility index (Phi) is 7.88. The fourth-order valence-electron chi connectivity index (χ4n) is 4.82. The molecule has 8 nitrogen and oxygen atoms in total. The Balaban J connectivity index is 1.37. The number of nitrogens with zero attached hydrogens (tertiary/aromatic N) is 3. The highest BCUT2D eigenvalue weighted by atomic mass is 32.2. The van der Waals surface area contributed by atoms with E-state index in [4.69, 9.17) is 0 Å². The number of amides is 2. The molecule has 0 radical (unpaired) electrons. The molecule has 0 aliphatic carbocycles. The summed E-state index contributed by atoms with van der Waals surface area (Å²) in [6.45, 7) is 7.24. The first kappa shape index (κ1) is 25.3. The Labute approximate surface area is 207 Å². The smallest absolute Gasteiger partial charge is 0.244 e. The molecule has 188 valence electrons. The minimum atomic E-state index is -3.04. The molecule has 2 amide bonds. The third kappa shape index (κ3) is 6.28. The molecule has 1 N–H and O–H groups in total. The number of benzene rings is 2. The molecule has 2 aliphatic heterocycles. The minimum absolute atomic E-state index is 0.00450. The Morgan fingerprint density at radius 1 is 0.857 bits per heavy atom. The van der Waals surface area contributed by atoms with E-state index in [9.17, 15) is 18.0 Å². The van der Waals surface area contributed by atoms with Crippen molar-refractivity contribution in [2.75, 3.05) is 62.6 Å². The van der Waals surface area contributed by atoms with Crippen LogP contribution in [0, 0.1) is 13.8 Å². The van der Waals surface area contributed by atoms with Crippen LogP contribution in [0.1, 0.15) is 22.7 Å². The van der Waals surface area contributed by atoms with Gasteiger partial charge in [0.2, 0.25) is 11.8 Å². The number of hydrogen-bond donors (Lipinski definition) is 1. The second-order valence-electron chi connectivity index (χ2n) is 9.42. The van der Waals surface area contributed by atoms with Crippen molar-refractivity contribution in [2.24, 2.45) is 0 Å². The maximum absolute atomic E-state index is 13.6. The van der Waals surface area contributed by atoms with E-state index in [0.29, 0.717) is 39.3 Å². The molecule has 2 aromatic rings. The van der Waals surface area contributed by atoms with E-state index in [1.165, 1.54) is 0 Å². The fourth-order valence-corrected chi connectivity index (χ4v) is 6.05. The second-order valence-corrected chi connectivity index (χ2v) is 11.7. The zero-order valence-electron chi connectivity index (χ0n) is 20.4. The molecule has 2 fully saturated rings. The van der Waals surface area contributed by atoms with Crippen LogP contribution < -0.4 is 5.32 Å². The maximum Gasteiger partial charge on any atom is 0.244 e. The van der Waals surface area contributed by atoms with Crippen molar-refractivity contribution in [1.82, 2.24) is 14.7 Å². The standard InChI is InChI=1S/C26H34N4O4S/c1-20-7-6-8-21(2)24(20)27-23(31)19-28-11-13-30(14-12-28)26(32)25(22-9-4-3-5-10-22)29-15-17-35(33,34)18-16-29/h3-10,25H,11-19H2,1-2H3,(H,27,31). The number of aryl methyl sites for hydroxylation is 2. The summed E-state index contributed by atoms with van der Waals surface area (Å²) in [6, 6.07) is 15.0. The molecule has 9 heteroatoms. The molecule has 0 bridgehead atoms. The van der Waals surface area contributed by atoms with E-state index in [0.717, 1.165) is 22.4 Å². The summed E-state index contributed by atoms with van der Waals surface area (Å²) in [5.41, 5.74) is 3.81. The first-order valence-electron chi connectivity index (χ1n) is 12.1. The van der Waals surface area contributed by atoms with Crippen LogP contribution in [0.2, 0.25) is 0 Å². The van der Waals surface area contributed by atoms with Crippen LogP contribution >= 0.6 is 0 Å². The monoisotopic (exact) mass is 498 g/mol. The van der Waals surface area contributed by atoms with Gasteiger partial charge in [0.15, 0.2) is 9.84 Å². The molecule has 0 aromatic heterocycles. The van der Waals surface area contributed by atoms with Crippen LogP contribution in [0.4, 0.5) is 5.69 Å². The Morgan fingerprint density at radius 2 is 1.46 bits per heavy atom. The summed E-state index contributed by atoms with van der Waals surface area (Å²) in [7, 11) is -3.04. The number of para-hydroxylation sites is 1. The molecule has 2 aliphatic rings. The highest BCUT2D eigenvalue weighted by molar-refractivity contribution is 7.91. The summed E-state index contributed by atoms with van der Waals surface area (Å²) < 4.78 is 23.9. The number of nitrogens with one attached hydrogen (secondary N) is 1. The normalized spacial score (nSPS) is 19.8. The van der Waals surface area contributed by atoms with Gasteiger partial charge in [0.25, 0.3) is 0 Å². The van der Waals surface area contributed by atoms with Gasteiger partial charge < -0.3 is 10.2 Å². The van der Waals surface area contributed by atoms with Crippen molar-refractivity contribution in [3.05, 3.63) is 65.2 Å². The maximum atomic E-state index is 13.6. The predicted octanol–water partition coefficient (Wildman–Crippen LogP) is 1.86. The number of anilines is 1. The number of piperazine rings is 1. The van der Waals surface area contributed by atoms with Crippen LogP contribution in [0.5, 0.6) is 0 Å². The molecule has 2 aromatic carbocycles. The molecule has 2 saturated heterocycles. The molecule has 1 unspecified atom stereocenters. The number of rotatable bonds is 6. The first-order valence-corrected chi connectivity index (χ1v) is 13.9. The van der Waals surface area contributed by atoms with Crippen molar-refractivity contribution in [3.63, 3.8) is 0 Å². The highest BCUT2D eigenvalue weighted by Gasteiger charge is 2.36. The number of hydrogen-bond acceptors (Lipinski definition) is 6. The van der Waals surface area contributed by atoms with Crippen LogP contribution in [-0.4, -0.2) is 92.3 Å². The quantitative estimate of drug-likeness (QED) is 0.654. The SMILES string of the molecule is Cc1cccc(C)c1NC(=O)CN1CCN(C(=O)C(c2ccccc2)N2CCS(=O)(=O)CC2)CC1. The van der Waals surface area contributed by atoms with Crippen LogP contribution in [-0.2, 0) is 19.4 Å². The first-order chi connectivity index (χ1) is 16.7. The lowest BCUT2D eigenvalue weighted by Crippen LogP contribution is -2.54. The van der Waals surface area contributed by atoms with Crippen molar-refractivity contribution in [1.29, 1.82) is 0 Å². The van der Waals surface area contributed by atoms with E-state index < -0.39 is 15.9 Å². The van der Waals surface area contributed by atoms with Crippen molar-refractivity contribution < 1.29 is 18.0 Å². The average molecular weight is 499 g/mol. The van der Waals surface area contributed by atoms with Gasteiger partial charge in [0, 0.05) is 45.0 Å². The Bertz CT molecular complexity index is 1130. The Hall–Kier alpha value is -2.75. The minimum Gasteiger partial charge on any atom is -0.338 e. The van der Waals surface area contributed by atoms with Gasteiger partial charge >= 0.3 is 0 Å². The summed E-state index contributed by atoms with van der Waals surface area (Å²) in [5.74, 6) is 0.0914. The van der Waals surface area contributed by atoms with Gasteiger partial charge in [-0.25, -0.2) is 8.42 Å². The van der Waals surface area contributed by atoms with Gasteiger partial charge in [-0.2, -0.15) is 0 Å². The molecule has 2 heterocycles. The summed E-state index contributed by atoms with van der Waals surface area (Å²) in [6.07, 6.45) is 0. The van der Waals surface area contributed by atoms with Crippen molar-refractivity contribution >= 4 is 27.3 Å². The van der Waals surface area contributed by atoms with E-state index in [-0.39, 0.29) is 29.9 Å². The molecule has 4 rings (SSSR count). The number of carbonyl (C=O) groups is 2. The summed E-state index contributed by atoms with van der Waals surface area (Å²) in [4.78, 5) is 32.2. The lowest BCUT2D eigenvalue weighted by molar-refractivity contribution is -0.139. The van der Waals surface area contributed by atoms with E-state index in [1.807, 2.05) is 72.2 Å². The van der Waals surface area contributed by atoms with E-state index in [1.54, 1.807) is 0 Å². The van der Waals surface area contributed by atoms with Gasteiger partial charge in [-0.1, -0.05) is 48.5 Å². The lowest BCUT2D eigenvalue weighted by Gasteiger charge is -2.40. The van der Waals surface area contributed by atoms with Gasteiger partial charge in [0.05, 0.1) is 18.1 Å². The highest BCUT2D eigenvalue weighted by Crippen LogP contribution is 2.26. The third-order valence-electron chi connectivity index (χ3n) is 6.89. The summed E-state index contributed by atoms with van der Waals surface area (Å²) >= 11 is 0. The third-order valence-corrected chi connectivity index (χ3v) is 8.50. The molecular formula is C26H34N4O4S. The number of sulfone groups is 1. The lowest BCUT2D eigenvalue weighted by atomic mass is 10.0. The Morgan fingerprint density at radius 3 is 2.06 bits per heavy atom. The fraction of sp³-hybridized carbons (Fsp3) is 0.462. The predicted molar refractivity (Wildman–Crippen MR) is 137 cm³/mol. The molecule has 0 spiro atoms. The molecule has 35 heavy (non-hydrogen) atoms. The van der Waals surface area contributed by atoms with E-state index >= 15 is 0 Å². The van der Waals surface area contributed by atoms with Gasteiger partial charge in [-0.05, 0) is 30.5 Å². The topological polar surface area (TPSA) is 90.0 Å². The van der Waals surface area contributed by atoms with Crippen LogP contribution in [0.25, 0.3) is 0 Å². The number of carbonyl (C=O) groups excluding carboxylic acids is 2. The molecule has 0 saturated carbocycles. The van der Waals surface area contributed by atoms with Gasteiger partial charge in [-0.3, -0.25) is 19.4 Å². The molecular weight excluding hydrogens is 464 g/mol. The van der Waals surface area contributed by atoms with Gasteiger partial charge in [-0.15, -0.1) is 0 Å². The average Bonchev–Trinajstić information content (AvgIpc) is 2.84. The van der Waals surface area contributed by atoms with Crippen molar-refractivity contribution in [2.45, 2.75) is 19.9 Å². The van der Waals surface area contributed by atoms with Crippen LogP contribution in [0.3, 0.4) is 0 Å². The zero-order valence-corrected chi connectivity index (χ0v) is 21.3. The summed E-state index contributed by atoms with van der Waals surface area (Å²) in [5, 5.41) is 3.03. The zero-order chi connectivity index (χ0) is 25.0. The molecule has 1 atom stereocenters. The second kappa shape index (κ2) is 10.9. The van der Waals surface area contributed by atoms with E-state index in [2.05, 4.69) is 10.2 Å².